The Hall–Kier alpha value is -1.64. The van der Waals surface area contributed by atoms with Gasteiger partial charge in [-0.05, 0) is 12.1 Å². The summed E-state index contributed by atoms with van der Waals surface area (Å²) < 4.78 is 26.0. The summed E-state index contributed by atoms with van der Waals surface area (Å²) in [5, 5.41) is 16.0. The Morgan fingerprint density at radius 2 is 2.00 bits per heavy atom. The van der Waals surface area contributed by atoms with Crippen molar-refractivity contribution in [2.24, 2.45) is 7.05 Å². The van der Waals surface area contributed by atoms with E-state index in [0.717, 1.165) is 12.1 Å². The van der Waals surface area contributed by atoms with Crippen LogP contribution in [-0.2, 0) is 22.6 Å². The van der Waals surface area contributed by atoms with Gasteiger partial charge in [0.2, 0.25) is 0 Å². The molecule has 0 amide bonds. The van der Waals surface area contributed by atoms with Crippen LogP contribution in [-0.4, -0.2) is 34.5 Å². The van der Waals surface area contributed by atoms with Crippen molar-refractivity contribution in [2.75, 3.05) is 0 Å². The van der Waals surface area contributed by atoms with Gasteiger partial charge < -0.3 is 5.11 Å². The normalized spacial score (nSPS) is 11.6. The maximum absolute atomic E-state index is 12.3. The van der Waals surface area contributed by atoms with Gasteiger partial charge >= 0.3 is 5.97 Å². The second kappa shape index (κ2) is 5.63. The number of benzene rings is 1. The quantitative estimate of drug-likeness (QED) is 0.902. The van der Waals surface area contributed by atoms with Crippen molar-refractivity contribution in [3.05, 3.63) is 39.6 Å². The Bertz CT molecular complexity index is 817. The third-order valence-electron chi connectivity index (χ3n) is 2.58. The van der Waals surface area contributed by atoms with Crippen molar-refractivity contribution < 1.29 is 18.3 Å². The summed E-state index contributed by atoms with van der Waals surface area (Å²) in [6.45, 7) is 0. The second-order valence-electron chi connectivity index (χ2n) is 4.21. The SMILES string of the molecule is Cn1cc(CS(=O)(=O)c2cc(C(=O)O)c(Cl)cc2Cl)nn1. The second-order valence-corrected chi connectivity index (χ2v) is 6.98. The van der Waals surface area contributed by atoms with Crippen LogP contribution in [0.2, 0.25) is 10.0 Å². The van der Waals surface area contributed by atoms with Crippen molar-refractivity contribution in [3.8, 4) is 0 Å². The van der Waals surface area contributed by atoms with Crippen LogP contribution in [0.15, 0.2) is 23.2 Å². The summed E-state index contributed by atoms with van der Waals surface area (Å²) in [6, 6.07) is 2.04. The van der Waals surface area contributed by atoms with Gasteiger partial charge in [0.25, 0.3) is 0 Å². The number of aromatic carboxylic acids is 1. The number of carboxylic acids is 1. The van der Waals surface area contributed by atoms with Gasteiger partial charge in [0.1, 0.15) is 5.75 Å². The number of carboxylic acid groups (broad SMARTS) is 1. The van der Waals surface area contributed by atoms with Crippen molar-refractivity contribution in [2.45, 2.75) is 10.6 Å². The highest BCUT2D eigenvalue weighted by Gasteiger charge is 2.24. The summed E-state index contributed by atoms with van der Waals surface area (Å²) in [5.74, 6) is -1.78. The summed E-state index contributed by atoms with van der Waals surface area (Å²) in [6.07, 6.45) is 1.44. The van der Waals surface area contributed by atoms with Gasteiger partial charge in [-0.1, -0.05) is 28.4 Å². The molecule has 1 heterocycles. The predicted octanol–water partition coefficient (Wildman–Crippen LogP) is 1.79. The lowest BCUT2D eigenvalue weighted by Gasteiger charge is -2.07. The molecule has 0 aliphatic heterocycles. The lowest BCUT2D eigenvalue weighted by molar-refractivity contribution is 0.0697. The Morgan fingerprint density at radius 3 is 2.52 bits per heavy atom. The van der Waals surface area contributed by atoms with Gasteiger partial charge in [0, 0.05) is 13.2 Å². The number of hydrogen-bond donors (Lipinski definition) is 1. The molecule has 2 aromatic rings. The topological polar surface area (TPSA) is 102 Å². The first-order valence-electron chi connectivity index (χ1n) is 5.51. The summed E-state index contributed by atoms with van der Waals surface area (Å²) in [5.41, 5.74) is -0.112. The lowest BCUT2D eigenvalue weighted by Crippen LogP contribution is -2.08. The first-order chi connectivity index (χ1) is 9.70. The van der Waals surface area contributed by atoms with Crippen LogP contribution in [0, 0.1) is 0 Å². The van der Waals surface area contributed by atoms with Crippen LogP contribution >= 0.6 is 23.2 Å². The van der Waals surface area contributed by atoms with E-state index in [1.54, 1.807) is 7.05 Å². The van der Waals surface area contributed by atoms with Crippen LogP contribution in [0.25, 0.3) is 0 Å². The van der Waals surface area contributed by atoms with Crippen LogP contribution in [0.1, 0.15) is 16.1 Å². The minimum Gasteiger partial charge on any atom is -0.478 e. The number of aryl methyl sites for hydroxylation is 1. The van der Waals surface area contributed by atoms with E-state index in [1.165, 1.54) is 10.9 Å². The van der Waals surface area contributed by atoms with Gasteiger partial charge in [0.15, 0.2) is 9.84 Å². The Labute approximate surface area is 130 Å². The van der Waals surface area contributed by atoms with E-state index < -0.39 is 21.6 Å². The number of aromatic nitrogens is 3. The molecule has 1 N–H and O–H groups in total. The summed E-state index contributed by atoms with van der Waals surface area (Å²) >= 11 is 11.6. The standard InChI is InChI=1S/C11H9Cl2N3O4S/c1-16-4-6(14-15-16)5-21(19,20)10-2-7(11(17)18)8(12)3-9(10)13/h2-4H,5H2,1H3,(H,17,18). The first-order valence-corrected chi connectivity index (χ1v) is 7.92. The fraction of sp³-hybridized carbons (Fsp3) is 0.182. The van der Waals surface area contributed by atoms with Crippen molar-refractivity contribution >= 4 is 39.0 Å². The number of halogens is 2. The molecule has 0 unspecified atom stereocenters. The van der Waals surface area contributed by atoms with Gasteiger partial charge in [-0.2, -0.15) is 0 Å². The van der Waals surface area contributed by atoms with E-state index in [-0.39, 0.29) is 26.2 Å². The molecule has 0 atom stereocenters. The molecular weight excluding hydrogens is 341 g/mol. The van der Waals surface area contributed by atoms with Gasteiger partial charge in [0.05, 0.1) is 26.2 Å². The summed E-state index contributed by atoms with van der Waals surface area (Å²) in [4.78, 5) is 10.7. The average molecular weight is 350 g/mol. The van der Waals surface area contributed by atoms with E-state index in [4.69, 9.17) is 28.3 Å². The molecule has 0 radical (unpaired) electrons. The Balaban J connectivity index is 2.49. The van der Waals surface area contributed by atoms with E-state index in [1.807, 2.05) is 0 Å². The number of carbonyl (C=O) groups is 1. The average Bonchev–Trinajstić information content (AvgIpc) is 2.72. The highest BCUT2D eigenvalue weighted by Crippen LogP contribution is 2.30. The molecule has 10 heteroatoms. The molecule has 7 nitrogen and oxygen atoms in total. The highest BCUT2D eigenvalue weighted by molar-refractivity contribution is 7.90. The van der Waals surface area contributed by atoms with Crippen molar-refractivity contribution in [1.29, 1.82) is 0 Å². The Morgan fingerprint density at radius 1 is 1.33 bits per heavy atom. The Kier molecular flexibility index (Phi) is 4.22. The zero-order chi connectivity index (χ0) is 15.8. The summed E-state index contributed by atoms with van der Waals surface area (Å²) in [7, 11) is -2.28. The maximum atomic E-state index is 12.3. The number of nitrogens with zero attached hydrogens (tertiary/aromatic N) is 3. The first kappa shape index (κ1) is 15.7. The molecule has 1 aromatic carbocycles. The molecule has 21 heavy (non-hydrogen) atoms. The van der Waals surface area contributed by atoms with Gasteiger partial charge in [-0.15, -0.1) is 5.10 Å². The van der Waals surface area contributed by atoms with Crippen LogP contribution < -0.4 is 0 Å². The maximum Gasteiger partial charge on any atom is 0.337 e. The minimum atomic E-state index is -3.87. The zero-order valence-electron chi connectivity index (χ0n) is 10.6. The molecule has 0 aliphatic rings. The number of hydrogen-bond acceptors (Lipinski definition) is 5. The van der Waals surface area contributed by atoms with Crippen LogP contribution in [0.4, 0.5) is 0 Å². The van der Waals surface area contributed by atoms with E-state index in [0.29, 0.717) is 0 Å². The zero-order valence-corrected chi connectivity index (χ0v) is 12.9. The lowest BCUT2D eigenvalue weighted by atomic mass is 10.2. The monoisotopic (exact) mass is 349 g/mol. The molecule has 0 spiro atoms. The van der Waals surface area contributed by atoms with Crippen LogP contribution in [0.5, 0.6) is 0 Å². The van der Waals surface area contributed by atoms with Gasteiger partial charge in [-0.3, -0.25) is 4.68 Å². The van der Waals surface area contributed by atoms with Gasteiger partial charge in [-0.25, -0.2) is 13.2 Å². The molecular formula is C11H9Cl2N3O4S. The van der Waals surface area contributed by atoms with E-state index in [9.17, 15) is 13.2 Å². The minimum absolute atomic E-state index is 0.133. The molecule has 112 valence electrons. The number of sulfone groups is 1. The van der Waals surface area contributed by atoms with Crippen molar-refractivity contribution in [1.82, 2.24) is 15.0 Å². The molecule has 0 aliphatic carbocycles. The molecule has 0 bridgehead atoms. The molecule has 0 saturated carbocycles. The molecule has 0 saturated heterocycles. The largest absolute Gasteiger partial charge is 0.478 e. The fourth-order valence-electron chi connectivity index (χ4n) is 1.67. The van der Waals surface area contributed by atoms with Crippen molar-refractivity contribution in [3.63, 3.8) is 0 Å². The number of rotatable bonds is 4. The third kappa shape index (κ3) is 3.34. The third-order valence-corrected chi connectivity index (χ3v) is 5.00. The molecule has 1 aromatic heterocycles. The van der Waals surface area contributed by atoms with E-state index in [2.05, 4.69) is 10.3 Å². The molecule has 2 rings (SSSR count). The smallest absolute Gasteiger partial charge is 0.337 e. The molecule has 0 fully saturated rings. The fourth-order valence-corrected chi connectivity index (χ4v) is 3.81. The highest BCUT2D eigenvalue weighted by atomic mass is 35.5. The van der Waals surface area contributed by atoms with E-state index >= 15 is 0 Å². The van der Waals surface area contributed by atoms with Crippen LogP contribution in [0.3, 0.4) is 0 Å². The predicted molar refractivity (Wildman–Crippen MR) is 75.3 cm³/mol.